The minimum Gasteiger partial charge on any atom is -0.317 e. The summed E-state index contributed by atoms with van der Waals surface area (Å²) in [5.41, 5.74) is -0.112. The first-order valence-electron chi connectivity index (χ1n) is 4.93. The van der Waals surface area contributed by atoms with Crippen LogP contribution in [-0.4, -0.2) is 15.5 Å². The van der Waals surface area contributed by atoms with Crippen LogP contribution < -0.4 is 5.32 Å². The van der Waals surface area contributed by atoms with Gasteiger partial charge in [-0.15, -0.1) is 0 Å². The van der Waals surface area contributed by atoms with Crippen molar-refractivity contribution in [3.05, 3.63) is 42.4 Å². The van der Waals surface area contributed by atoms with Gasteiger partial charge in [0.1, 0.15) is 5.69 Å². The van der Waals surface area contributed by atoms with Gasteiger partial charge in [-0.1, -0.05) is 0 Å². The van der Waals surface area contributed by atoms with Gasteiger partial charge in [0.05, 0.1) is 5.69 Å². The molecule has 3 rings (SSSR count). The molecule has 0 atom stereocenters. The van der Waals surface area contributed by atoms with Crippen molar-refractivity contribution in [2.45, 2.75) is 5.92 Å². The fourth-order valence-electron chi connectivity index (χ4n) is 1.83. The molecule has 3 heterocycles. The molecule has 4 nitrogen and oxygen atoms in total. The molecule has 1 aliphatic heterocycles. The van der Waals surface area contributed by atoms with Crippen molar-refractivity contribution in [1.82, 2.24) is 9.55 Å². The predicted octanol–water partition coefficient (Wildman–Crippen LogP) is 1.92. The maximum atomic E-state index is 13.8. The van der Waals surface area contributed by atoms with Crippen molar-refractivity contribution < 1.29 is 13.6 Å². The first kappa shape index (κ1) is 9.95. The lowest BCUT2D eigenvalue weighted by Gasteiger charge is -2.12. The van der Waals surface area contributed by atoms with Crippen molar-refractivity contribution in [2.75, 3.05) is 5.32 Å². The Balaban J connectivity index is 2.35. The van der Waals surface area contributed by atoms with E-state index in [-0.39, 0.29) is 17.2 Å². The molecule has 17 heavy (non-hydrogen) atoms. The van der Waals surface area contributed by atoms with Crippen molar-refractivity contribution in [1.29, 1.82) is 0 Å². The number of aromatic nitrogens is 2. The van der Waals surface area contributed by atoms with Gasteiger partial charge in [-0.2, -0.15) is 8.78 Å². The molecule has 2 aromatic heterocycles. The number of fused-ring (bicyclic) bond motifs is 3. The summed E-state index contributed by atoms with van der Waals surface area (Å²) in [6.07, 6.45) is 2.94. The van der Waals surface area contributed by atoms with Crippen LogP contribution in [0.15, 0.2) is 36.7 Å². The van der Waals surface area contributed by atoms with Gasteiger partial charge in [0.15, 0.2) is 5.82 Å². The standard InChI is InChI=1S/C11H7F2N3O/c12-11(13)8-4-2-6-16(8)9-7(15-10(11)17)3-1-5-14-9/h1-6H,(H,15,17). The number of carbonyl (C=O) groups excluding carboxylic acids is 1. The molecule has 0 bridgehead atoms. The zero-order valence-electron chi connectivity index (χ0n) is 8.52. The summed E-state index contributed by atoms with van der Waals surface area (Å²) in [7, 11) is 0. The second-order valence-corrected chi connectivity index (χ2v) is 3.67. The van der Waals surface area contributed by atoms with Crippen LogP contribution in [0.1, 0.15) is 5.69 Å². The van der Waals surface area contributed by atoms with E-state index in [1.54, 1.807) is 6.07 Å². The summed E-state index contributed by atoms with van der Waals surface area (Å²) < 4.78 is 28.8. The summed E-state index contributed by atoms with van der Waals surface area (Å²) in [4.78, 5) is 15.5. The van der Waals surface area contributed by atoms with Crippen LogP contribution >= 0.6 is 0 Å². The van der Waals surface area contributed by atoms with Crippen molar-refractivity contribution in [3.63, 3.8) is 0 Å². The smallest absolute Gasteiger partial charge is 0.317 e. The summed E-state index contributed by atoms with van der Waals surface area (Å²) in [6, 6.07) is 5.78. The molecule has 0 radical (unpaired) electrons. The third kappa shape index (κ3) is 1.27. The molecule has 0 spiro atoms. The maximum absolute atomic E-state index is 13.8. The number of pyridine rings is 1. The summed E-state index contributed by atoms with van der Waals surface area (Å²) >= 11 is 0. The Morgan fingerprint density at radius 1 is 1.29 bits per heavy atom. The topological polar surface area (TPSA) is 46.9 Å². The molecule has 0 saturated heterocycles. The van der Waals surface area contributed by atoms with Gasteiger partial charge in [0.2, 0.25) is 0 Å². The molecule has 0 aliphatic carbocycles. The third-order valence-corrected chi connectivity index (χ3v) is 2.62. The molecule has 0 saturated carbocycles. The lowest BCUT2D eigenvalue weighted by atomic mass is 10.2. The fourth-order valence-corrected chi connectivity index (χ4v) is 1.83. The first-order valence-corrected chi connectivity index (χ1v) is 4.93. The van der Waals surface area contributed by atoms with Gasteiger partial charge >= 0.3 is 11.8 Å². The normalized spacial score (nSPS) is 16.7. The van der Waals surface area contributed by atoms with Gasteiger partial charge in [-0.25, -0.2) is 4.98 Å². The van der Waals surface area contributed by atoms with Gasteiger partial charge in [-0.05, 0) is 24.3 Å². The monoisotopic (exact) mass is 235 g/mol. The number of alkyl halides is 2. The van der Waals surface area contributed by atoms with Gasteiger partial charge < -0.3 is 5.32 Å². The number of anilines is 1. The van der Waals surface area contributed by atoms with E-state index >= 15 is 0 Å². The summed E-state index contributed by atoms with van der Waals surface area (Å²) in [6.45, 7) is 0. The summed E-state index contributed by atoms with van der Waals surface area (Å²) in [5, 5.41) is 2.17. The van der Waals surface area contributed by atoms with Crippen molar-refractivity contribution in [3.8, 4) is 5.82 Å². The van der Waals surface area contributed by atoms with Crippen molar-refractivity contribution >= 4 is 11.6 Å². The highest BCUT2D eigenvalue weighted by atomic mass is 19.3. The van der Waals surface area contributed by atoms with Crippen LogP contribution in [-0.2, 0) is 10.7 Å². The van der Waals surface area contributed by atoms with E-state index in [1.807, 2.05) is 0 Å². The van der Waals surface area contributed by atoms with E-state index in [1.165, 1.54) is 35.2 Å². The molecule has 0 fully saturated rings. The number of halogens is 2. The fraction of sp³-hybridized carbons (Fsp3) is 0.0909. The number of hydrogen-bond donors (Lipinski definition) is 1. The largest absolute Gasteiger partial charge is 0.364 e. The van der Waals surface area contributed by atoms with E-state index in [4.69, 9.17) is 0 Å². The lowest BCUT2D eigenvalue weighted by molar-refractivity contribution is -0.141. The molecular formula is C11H7F2N3O. The first-order chi connectivity index (χ1) is 8.10. The molecule has 86 valence electrons. The molecule has 1 N–H and O–H groups in total. The van der Waals surface area contributed by atoms with Crippen LogP contribution in [0.3, 0.4) is 0 Å². The Labute approximate surface area is 94.9 Å². The number of carbonyl (C=O) groups is 1. The van der Waals surface area contributed by atoms with Crippen LogP contribution in [0.2, 0.25) is 0 Å². The van der Waals surface area contributed by atoms with Crippen LogP contribution in [0.4, 0.5) is 14.5 Å². The number of nitrogens with zero attached hydrogens (tertiary/aromatic N) is 2. The van der Waals surface area contributed by atoms with E-state index in [2.05, 4.69) is 10.3 Å². The zero-order valence-corrected chi connectivity index (χ0v) is 8.52. The Bertz CT molecular complexity index is 606. The molecule has 0 unspecified atom stereocenters. The molecule has 2 aromatic rings. The van der Waals surface area contributed by atoms with Crippen LogP contribution in [0.25, 0.3) is 5.82 Å². The highest BCUT2D eigenvalue weighted by molar-refractivity contribution is 5.99. The lowest BCUT2D eigenvalue weighted by Crippen LogP contribution is -2.31. The quantitative estimate of drug-likeness (QED) is 0.758. The van der Waals surface area contributed by atoms with E-state index in [0.29, 0.717) is 0 Å². The summed E-state index contributed by atoms with van der Waals surface area (Å²) in [5.74, 6) is -4.62. The molecule has 1 amide bonds. The Hall–Kier alpha value is -2.24. The molecule has 0 aromatic carbocycles. The minimum absolute atomic E-state index is 0.270. The SMILES string of the molecule is O=C1Nc2cccnc2-n2cccc2C1(F)F. The van der Waals surface area contributed by atoms with Gasteiger partial charge in [-0.3, -0.25) is 9.36 Å². The third-order valence-electron chi connectivity index (χ3n) is 2.62. The minimum atomic E-state index is -3.57. The highest BCUT2D eigenvalue weighted by Crippen LogP contribution is 2.35. The Morgan fingerprint density at radius 3 is 2.94 bits per heavy atom. The van der Waals surface area contributed by atoms with Crippen LogP contribution in [0, 0.1) is 0 Å². The maximum Gasteiger partial charge on any atom is 0.364 e. The average molecular weight is 235 g/mol. The average Bonchev–Trinajstić information content (AvgIpc) is 2.76. The Morgan fingerprint density at radius 2 is 2.12 bits per heavy atom. The molecule has 1 aliphatic rings. The number of nitrogens with one attached hydrogen (secondary N) is 1. The van der Waals surface area contributed by atoms with Gasteiger partial charge in [0, 0.05) is 12.4 Å². The highest BCUT2D eigenvalue weighted by Gasteiger charge is 2.45. The van der Waals surface area contributed by atoms with E-state index in [0.717, 1.165) is 0 Å². The number of hydrogen-bond acceptors (Lipinski definition) is 2. The Kier molecular flexibility index (Phi) is 1.83. The molecular weight excluding hydrogens is 228 g/mol. The second kappa shape index (κ2) is 3.13. The number of rotatable bonds is 0. The number of amides is 1. The molecule has 6 heteroatoms. The van der Waals surface area contributed by atoms with E-state index in [9.17, 15) is 13.6 Å². The van der Waals surface area contributed by atoms with Gasteiger partial charge in [0.25, 0.3) is 0 Å². The van der Waals surface area contributed by atoms with Crippen molar-refractivity contribution in [2.24, 2.45) is 0 Å². The predicted molar refractivity (Wildman–Crippen MR) is 56.1 cm³/mol. The zero-order chi connectivity index (χ0) is 12.0. The van der Waals surface area contributed by atoms with E-state index < -0.39 is 11.8 Å². The van der Waals surface area contributed by atoms with Crippen LogP contribution in [0.5, 0.6) is 0 Å². The second-order valence-electron chi connectivity index (χ2n) is 3.67.